The summed E-state index contributed by atoms with van der Waals surface area (Å²) in [4.78, 5) is 2.54. The Bertz CT molecular complexity index is 301. The van der Waals surface area contributed by atoms with Crippen molar-refractivity contribution in [1.82, 2.24) is 4.90 Å². The molecule has 0 radical (unpaired) electrons. The Kier molecular flexibility index (Phi) is 4.99. The molecular formula is C14H24N2O2. The third-order valence-corrected chi connectivity index (χ3v) is 3.94. The Morgan fingerprint density at radius 1 is 1.44 bits per heavy atom. The van der Waals surface area contributed by atoms with Gasteiger partial charge in [0, 0.05) is 19.0 Å². The fourth-order valence-corrected chi connectivity index (χ4v) is 2.87. The second-order valence-corrected chi connectivity index (χ2v) is 5.72. The number of hydrogen-bond acceptors (Lipinski definition) is 4. The predicted molar refractivity (Wildman–Crippen MR) is 68.9 cm³/mol. The van der Waals surface area contributed by atoms with Crippen molar-refractivity contribution >= 4 is 0 Å². The Morgan fingerprint density at radius 2 is 2.28 bits per heavy atom. The van der Waals surface area contributed by atoms with Crippen LogP contribution in [0, 0.1) is 17.2 Å². The molecule has 0 spiro atoms. The maximum atomic E-state index is 8.64. The molecular weight excluding hydrogens is 228 g/mol. The van der Waals surface area contributed by atoms with Gasteiger partial charge < -0.3 is 14.4 Å². The number of hydrogen-bond donors (Lipinski definition) is 0. The van der Waals surface area contributed by atoms with Crippen LogP contribution in [0.5, 0.6) is 0 Å². The lowest BCUT2D eigenvalue weighted by atomic mass is 9.94. The van der Waals surface area contributed by atoms with Gasteiger partial charge in [0.15, 0.2) is 6.29 Å². The topological polar surface area (TPSA) is 45.5 Å². The van der Waals surface area contributed by atoms with Crippen LogP contribution in [-0.2, 0) is 9.47 Å². The number of nitriles is 1. The first-order chi connectivity index (χ1) is 8.69. The molecule has 4 nitrogen and oxygen atoms in total. The van der Waals surface area contributed by atoms with Crippen LogP contribution in [0.3, 0.4) is 0 Å². The van der Waals surface area contributed by atoms with Crippen molar-refractivity contribution in [2.45, 2.75) is 58.0 Å². The number of rotatable bonds is 4. The quantitative estimate of drug-likeness (QED) is 0.769. The van der Waals surface area contributed by atoms with E-state index < -0.39 is 0 Å². The van der Waals surface area contributed by atoms with Crippen LogP contribution in [-0.4, -0.2) is 43.0 Å². The molecule has 0 aromatic rings. The van der Waals surface area contributed by atoms with Crippen molar-refractivity contribution in [3.05, 3.63) is 0 Å². The van der Waals surface area contributed by atoms with E-state index in [-0.39, 0.29) is 12.4 Å². The van der Waals surface area contributed by atoms with Crippen LogP contribution in [0.2, 0.25) is 0 Å². The fraction of sp³-hybridized carbons (Fsp3) is 0.929. The van der Waals surface area contributed by atoms with E-state index in [0.717, 1.165) is 13.0 Å². The molecule has 0 aromatic heterocycles. The summed E-state index contributed by atoms with van der Waals surface area (Å²) in [5, 5.41) is 8.64. The zero-order chi connectivity index (χ0) is 13.0. The molecule has 3 atom stereocenters. The van der Waals surface area contributed by atoms with Crippen molar-refractivity contribution < 1.29 is 9.47 Å². The first kappa shape index (κ1) is 13.8. The molecule has 0 N–H and O–H groups in total. The minimum atomic E-state index is -0.0829. The van der Waals surface area contributed by atoms with E-state index in [4.69, 9.17) is 14.7 Å². The fourth-order valence-electron chi connectivity index (χ4n) is 2.87. The molecule has 0 bridgehead atoms. The highest BCUT2D eigenvalue weighted by atomic mass is 16.7. The molecule has 2 aliphatic heterocycles. The summed E-state index contributed by atoms with van der Waals surface area (Å²) in [5.41, 5.74) is 0. The molecule has 4 heteroatoms. The smallest absolute Gasteiger partial charge is 0.158 e. The molecule has 2 aliphatic rings. The maximum Gasteiger partial charge on any atom is 0.158 e. The van der Waals surface area contributed by atoms with E-state index in [1.54, 1.807) is 0 Å². The summed E-state index contributed by atoms with van der Waals surface area (Å²) in [5.74, 6) is 0.673. The molecule has 0 aromatic carbocycles. The minimum absolute atomic E-state index is 0.00945. The van der Waals surface area contributed by atoms with Gasteiger partial charge in [0.1, 0.15) is 0 Å². The molecule has 0 amide bonds. The Hall–Kier alpha value is -0.630. The molecule has 18 heavy (non-hydrogen) atoms. The van der Waals surface area contributed by atoms with Gasteiger partial charge in [-0.1, -0.05) is 0 Å². The highest BCUT2D eigenvalue weighted by Gasteiger charge is 2.30. The summed E-state index contributed by atoms with van der Waals surface area (Å²) in [6.45, 7) is 7.47. The van der Waals surface area contributed by atoms with Crippen LogP contribution in [0.25, 0.3) is 0 Å². The van der Waals surface area contributed by atoms with E-state index in [1.807, 2.05) is 0 Å². The van der Waals surface area contributed by atoms with Gasteiger partial charge in [-0.05, 0) is 39.2 Å². The van der Waals surface area contributed by atoms with Crippen molar-refractivity contribution in [3.8, 4) is 6.07 Å². The molecule has 0 saturated carbocycles. The van der Waals surface area contributed by atoms with Gasteiger partial charge in [-0.2, -0.15) is 5.26 Å². The van der Waals surface area contributed by atoms with Gasteiger partial charge in [-0.15, -0.1) is 0 Å². The predicted octanol–water partition coefficient (Wildman–Crippen LogP) is 2.15. The van der Waals surface area contributed by atoms with Crippen LogP contribution in [0.1, 0.15) is 39.5 Å². The van der Waals surface area contributed by atoms with Crippen LogP contribution in [0.4, 0.5) is 0 Å². The van der Waals surface area contributed by atoms with Gasteiger partial charge >= 0.3 is 0 Å². The van der Waals surface area contributed by atoms with Crippen molar-refractivity contribution in [2.75, 3.05) is 19.7 Å². The van der Waals surface area contributed by atoms with Crippen LogP contribution in [0.15, 0.2) is 0 Å². The van der Waals surface area contributed by atoms with E-state index in [0.29, 0.717) is 25.0 Å². The largest absolute Gasteiger partial charge is 0.350 e. The monoisotopic (exact) mass is 252 g/mol. The molecule has 2 saturated heterocycles. The maximum absolute atomic E-state index is 8.64. The summed E-state index contributed by atoms with van der Waals surface area (Å²) in [6.07, 6.45) is 3.88. The highest BCUT2D eigenvalue weighted by molar-refractivity contribution is 4.81. The van der Waals surface area contributed by atoms with Crippen LogP contribution < -0.4 is 0 Å². The normalized spacial score (nSPS) is 33.8. The van der Waals surface area contributed by atoms with Crippen molar-refractivity contribution in [1.29, 1.82) is 5.26 Å². The second-order valence-electron chi connectivity index (χ2n) is 5.72. The van der Waals surface area contributed by atoms with E-state index in [1.165, 1.54) is 19.4 Å². The summed E-state index contributed by atoms with van der Waals surface area (Å²) >= 11 is 0. The lowest BCUT2D eigenvalue weighted by Gasteiger charge is -2.36. The number of likely N-dealkylation sites (tertiary alicyclic amines) is 1. The minimum Gasteiger partial charge on any atom is -0.350 e. The SMILES string of the molecule is CC(C)N1CCCC(CC2OCC(CC#N)O2)C1. The molecule has 2 heterocycles. The lowest BCUT2D eigenvalue weighted by Crippen LogP contribution is -2.40. The first-order valence-electron chi connectivity index (χ1n) is 7.07. The summed E-state index contributed by atoms with van der Waals surface area (Å²) in [7, 11) is 0. The third kappa shape index (κ3) is 3.68. The Labute approximate surface area is 110 Å². The van der Waals surface area contributed by atoms with E-state index >= 15 is 0 Å². The average Bonchev–Trinajstić information content (AvgIpc) is 2.77. The van der Waals surface area contributed by atoms with Crippen molar-refractivity contribution in [3.63, 3.8) is 0 Å². The van der Waals surface area contributed by atoms with Crippen molar-refractivity contribution in [2.24, 2.45) is 5.92 Å². The second kappa shape index (κ2) is 6.51. The molecule has 0 aliphatic carbocycles. The summed E-state index contributed by atoms with van der Waals surface area (Å²) < 4.78 is 11.4. The van der Waals surface area contributed by atoms with Crippen LogP contribution >= 0.6 is 0 Å². The molecule has 102 valence electrons. The zero-order valence-corrected chi connectivity index (χ0v) is 11.5. The van der Waals surface area contributed by atoms with Gasteiger partial charge in [0.25, 0.3) is 0 Å². The zero-order valence-electron chi connectivity index (χ0n) is 11.5. The van der Waals surface area contributed by atoms with Gasteiger partial charge in [0.2, 0.25) is 0 Å². The first-order valence-corrected chi connectivity index (χ1v) is 7.07. The van der Waals surface area contributed by atoms with E-state index in [2.05, 4.69) is 24.8 Å². The number of nitrogens with zero attached hydrogens (tertiary/aromatic N) is 2. The third-order valence-electron chi connectivity index (χ3n) is 3.94. The molecule has 2 fully saturated rings. The molecule has 3 unspecified atom stereocenters. The Morgan fingerprint density at radius 3 is 3.00 bits per heavy atom. The highest BCUT2D eigenvalue weighted by Crippen LogP contribution is 2.26. The Balaban J connectivity index is 1.75. The van der Waals surface area contributed by atoms with Gasteiger partial charge in [-0.3, -0.25) is 0 Å². The number of ether oxygens (including phenoxy) is 2. The van der Waals surface area contributed by atoms with Gasteiger partial charge in [-0.25, -0.2) is 0 Å². The average molecular weight is 252 g/mol. The van der Waals surface area contributed by atoms with Gasteiger partial charge in [0.05, 0.1) is 25.2 Å². The number of piperidine rings is 1. The summed E-state index contributed by atoms with van der Waals surface area (Å²) in [6, 6.07) is 2.77. The standard InChI is InChI=1S/C14H24N2O2/c1-11(2)16-7-3-4-12(9-16)8-14-17-10-13(18-14)5-6-15/h11-14H,3-5,7-10H2,1-2H3. The lowest BCUT2D eigenvalue weighted by molar-refractivity contribution is -0.0764. The molecule has 2 rings (SSSR count). The van der Waals surface area contributed by atoms with E-state index in [9.17, 15) is 0 Å².